The molecule has 1 aliphatic rings. The van der Waals surface area contributed by atoms with Gasteiger partial charge in [-0.3, -0.25) is 4.79 Å². The summed E-state index contributed by atoms with van der Waals surface area (Å²) in [6.45, 7) is 10.1. The van der Waals surface area contributed by atoms with E-state index < -0.39 is 0 Å². The first-order valence-corrected chi connectivity index (χ1v) is 8.10. The van der Waals surface area contributed by atoms with Crippen molar-refractivity contribution in [2.24, 2.45) is 5.41 Å². The Hall–Kier alpha value is -0.610. The van der Waals surface area contributed by atoms with Crippen molar-refractivity contribution < 1.29 is 14.3 Å². The standard InChI is InChI=1S/C17H33NO3/c1-7-17(4,13-16(2,3)21-6)11-15(19)18-10-8-9-14(18)12-20-5/h14H,7-13H2,1-6H3. The number of hydrogen-bond acceptors (Lipinski definition) is 3. The maximum Gasteiger partial charge on any atom is 0.223 e. The highest BCUT2D eigenvalue weighted by molar-refractivity contribution is 5.77. The van der Waals surface area contributed by atoms with Crippen LogP contribution >= 0.6 is 0 Å². The minimum atomic E-state index is -0.192. The predicted molar refractivity (Wildman–Crippen MR) is 85.3 cm³/mol. The summed E-state index contributed by atoms with van der Waals surface area (Å²) in [5.74, 6) is 0.269. The van der Waals surface area contributed by atoms with Crippen LogP contribution in [-0.4, -0.2) is 49.8 Å². The molecule has 0 aromatic heterocycles. The monoisotopic (exact) mass is 299 g/mol. The van der Waals surface area contributed by atoms with Crippen LogP contribution in [0.2, 0.25) is 0 Å². The lowest BCUT2D eigenvalue weighted by atomic mass is 9.75. The number of ether oxygens (including phenoxy) is 2. The van der Waals surface area contributed by atoms with Crippen LogP contribution in [-0.2, 0) is 14.3 Å². The van der Waals surface area contributed by atoms with Crippen molar-refractivity contribution in [3.05, 3.63) is 0 Å². The zero-order valence-electron chi connectivity index (χ0n) is 14.7. The largest absolute Gasteiger partial charge is 0.383 e. The third-order valence-corrected chi connectivity index (χ3v) is 4.89. The van der Waals surface area contributed by atoms with E-state index in [1.807, 2.05) is 4.90 Å². The van der Waals surface area contributed by atoms with E-state index in [1.165, 1.54) is 0 Å². The Balaban J connectivity index is 2.69. The molecule has 0 radical (unpaired) electrons. The van der Waals surface area contributed by atoms with E-state index in [0.29, 0.717) is 13.0 Å². The van der Waals surface area contributed by atoms with Crippen molar-refractivity contribution in [3.8, 4) is 0 Å². The van der Waals surface area contributed by atoms with E-state index in [0.717, 1.165) is 32.2 Å². The lowest BCUT2D eigenvalue weighted by Crippen LogP contribution is -2.42. The molecule has 0 aromatic rings. The van der Waals surface area contributed by atoms with Crippen LogP contribution in [0.15, 0.2) is 0 Å². The molecule has 2 unspecified atom stereocenters. The summed E-state index contributed by atoms with van der Waals surface area (Å²) in [5.41, 5.74) is -0.210. The molecule has 1 rings (SSSR count). The third-order valence-electron chi connectivity index (χ3n) is 4.89. The Morgan fingerprint density at radius 2 is 1.95 bits per heavy atom. The number of amides is 1. The first-order chi connectivity index (χ1) is 9.77. The van der Waals surface area contributed by atoms with Crippen LogP contribution in [0, 0.1) is 5.41 Å². The summed E-state index contributed by atoms with van der Waals surface area (Å²) >= 11 is 0. The first kappa shape index (κ1) is 18.4. The summed E-state index contributed by atoms with van der Waals surface area (Å²) in [6.07, 6.45) is 4.62. The normalized spacial score (nSPS) is 22.4. The van der Waals surface area contributed by atoms with Gasteiger partial charge in [0.15, 0.2) is 0 Å². The molecular weight excluding hydrogens is 266 g/mol. The molecule has 0 aliphatic carbocycles. The number of carbonyl (C=O) groups excluding carboxylic acids is 1. The number of hydrogen-bond donors (Lipinski definition) is 0. The fourth-order valence-electron chi connectivity index (χ4n) is 3.41. The number of likely N-dealkylation sites (tertiary alicyclic amines) is 1. The van der Waals surface area contributed by atoms with Crippen molar-refractivity contribution in [2.75, 3.05) is 27.4 Å². The molecule has 2 atom stereocenters. The smallest absolute Gasteiger partial charge is 0.223 e. The second-order valence-corrected chi connectivity index (χ2v) is 7.32. The van der Waals surface area contributed by atoms with E-state index in [-0.39, 0.29) is 23.0 Å². The zero-order chi connectivity index (χ0) is 16.1. The highest BCUT2D eigenvalue weighted by Crippen LogP contribution is 2.37. The van der Waals surface area contributed by atoms with Gasteiger partial charge in [0.2, 0.25) is 5.91 Å². The SMILES string of the molecule is CCC(C)(CC(=O)N1CCCC1COC)CC(C)(C)OC. The molecule has 0 N–H and O–H groups in total. The topological polar surface area (TPSA) is 38.8 Å². The summed E-state index contributed by atoms with van der Waals surface area (Å²) in [5, 5.41) is 0. The van der Waals surface area contributed by atoms with Gasteiger partial charge in [-0.2, -0.15) is 0 Å². The van der Waals surface area contributed by atoms with E-state index in [2.05, 4.69) is 27.7 Å². The molecule has 0 saturated carbocycles. The van der Waals surface area contributed by atoms with Gasteiger partial charge in [0.05, 0.1) is 18.2 Å². The van der Waals surface area contributed by atoms with Gasteiger partial charge in [0, 0.05) is 27.2 Å². The molecule has 21 heavy (non-hydrogen) atoms. The van der Waals surface area contributed by atoms with E-state index >= 15 is 0 Å². The van der Waals surface area contributed by atoms with Gasteiger partial charge >= 0.3 is 0 Å². The van der Waals surface area contributed by atoms with Crippen molar-refractivity contribution >= 4 is 5.91 Å². The highest BCUT2D eigenvalue weighted by atomic mass is 16.5. The Labute approximate surface area is 130 Å². The Morgan fingerprint density at radius 3 is 2.48 bits per heavy atom. The lowest BCUT2D eigenvalue weighted by molar-refractivity contribution is -0.136. The van der Waals surface area contributed by atoms with Crippen LogP contribution in [0.5, 0.6) is 0 Å². The van der Waals surface area contributed by atoms with Crippen LogP contribution in [0.3, 0.4) is 0 Å². The predicted octanol–water partition coefficient (Wildman–Crippen LogP) is 3.25. The number of methoxy groups -OCH3 is 2. The maximum absolute atomic E-state index is 12.7. The summed E-state index contributed by atoms with van der Waals surface area (Å²) in [7, 11) is 3.45. The van der Waals surface area contributed by atoms with E-state index in [1.54, 1.807) is 14.2 Å². The van der Waals surface area contributed by atoms with Gasteiger partial charge in [-0.05, 0) is 38.5 Å². The lowest BCUT2D eigenvalue weighted by Gasteiger charge is -2.37. The van der Waals surface area contributed by atoms with Crippen molar-refractivity contribution in [1.29, 1.82) is 0 Å². The highest BCUT2D eigenvalue weighted by Gasteiger charge is 2.36. The molecule has 4 heteroatoms. The van der Waals surface area contributed by atoms with Crippen molar-refractivity contribution in [1.82, 2.24) is 4.90 Å². The van der Waals surface area contributed by atoms with Gasteiger partial charge in [-0.15, -0.1) is 0 Å². The molecule has 1 heterocycles. The fourth-order valence-corrected chi connectivity index (χ4v) is 3.41. The van der Waals surface area contributed by atoms with Crippen LogP contribution in [0.1, 0.15) is 59.8 Å². The number of carbonyl (C=O) groups is 1. The third kappa shape index (κ3) is 5.26. The summed E-state index contributed by atoms with van der Waals surface area (Å²) < 4.78 is 10.8. The molecular formula is C17H33NO3. The maximum atomic E-state index is 12.7. The number of rotatable bonds is 8. The van der Waals surface area contributed by atoms with Crippen LogP contribution < -0.4 is 0 Å². The summed E-state index contributed by atoms with van der Waals surface area (Å²) in [6, 6.07) is 0.263. The van der Waals surface area contributed by atoms with Gasteiger partial charge in [-0.1, -0.05) is 20.3 Å². The quantitative estimate of drug-likeness (QED) is 0.690. The van der Waals surface area contributed by atoms with E-state index in [4.69, 9.17) is 9.47 Å². The van der Waals surface area contributed by atoms with Gasteiger partial charge in [0.25, 0.3) is 0 Å². The minimum absolute atomic E-state index is 0.0171. The first-order valence-electron chi connectivity index (χ1n) is 8.10. The Kier molecular flexibility index (Phi) is 6.67. The van der Waals surface area contributed by atoms with Crippen molar-refractivity contribution in [3.63, 3.8) is 0 Å². The Bertz CT molecular complexity index is 343. The van der Waals surface area contributed by atoms with Crippen LogP contribution in [0.25, 0.3) is 0 Å². The molecule has 124 valence electrons. The van der Waals surface area contributed by atoms with E-state index in [9.17, 15) is 4.79 Å². The molecule has 1 amide bonds. The number of nitrogens with zero attached hydrogens (tertiary/aromatic N) is 1. The Morgan fingerprint density at radius 1 is 1.29 bits per heavy atom. The average Bonchev–Trinajstić information content (AvgIpc) is 2.87. The average molecular weight is 299 g/mol. The van der Waals surface area contributed by atoms with Gasteiger partial charge in [-0.25, -0.2) is 0 Å². The van der Waals surface area contributed by atoms with Gasteiger partial charge in [0.1, 0.15) is 0 Å². The fraction of sp³-hybridized carbons (Fsp3) is 0.941. The van der Waals surface area contributed by atoms with Crippen molar-refractivity contribution in [2.45, 2.75) is 71.4 Å². The minimum Gasteiger partial charge on any atom is -0.383 e. The molecule has 4 nitrogen and oxygen atoms in total. The van der Waals surface area contributed by atoms with Gasteiger partial charge < -0.3 is 14.4 Å². The zero-order valence-corrected chi connectivity index (χ0v) is 14.7. The molecule has 0 bridgehead atoms. The summed E-state index contributed by atoms with van der Waals surface area (Å²) in [4.78, 5) is 14.7. The molecule has 1 fully saturated rings. The van der Waals surface area contributed by atoms with Crippen LogP contribution in [0.4, 0.5) is 0 Å². The second kappa shape index (κ2) is 7.59. The molecule has 1 aliphatic heterocycles. The molecule has 0 spiro atoms. The second-order valence-electron chi connectivity index (χ2n) is 7.32. The molecule has 1 saturated heterocycles. The molecule has 0 aromatic carbocycles.